The highest BCUT2D eigenvalue weighted by atomic mass is 15.0. The Balaban J connectivity index is 2.21. The van der Waals surface area contributed by atoms with E-state index in [-0.39, 0.29) is 0 Å². The summed E-state index contributed by atoms with van der Waals surface area (Å²) in [7, 11) is 1.99. The molecule has 0 saturated heterocycles. The van der Waals surface area contributed by atoms with Crippen LogP contribution < -0.4 is 5.32 Å². The molecule has 0 aliphatic carbocycles. The van der Waals surface area contributed by atoms with Gasteiger partial charge in [-0.3, -0.25) is 0 Å². The van der Waals surface area contributed by atoms with Gasteiger partial charge in [0, 0.05) is 6.54 Å². The van der Waals surface area contributed by atoms with E-state index in [2.05, 4.69) is 40.0 Å². The Morgan fingerprint density at radius 1 is 1.40 bits per heavy atom. The molecular formula is C12H17N3. The maximum Gasteiger partial charge on any atom is 0.0958 e. The van der Waals surface area contributed by atoms with Gasteiger partial charge in [0.25, 0.3) is 0 Å². The van der Waals surface area contributed by atoms with Crippen LogP contribution >= 0.6 is 0 Å². The van der Waals surface area contributed by atoms with Crippen molar-refractivity contribution in [1.29, 1.82) is 0 Å². The molecule has 0 aliphatic heterocycles. The van der Waals surface area contributed by atoms with E-state index in [9.17, 15) is 0 Å². The number of nitrogens with one attached hydrogen (secondary N) is 1. The second-order valence-electron chi connectivity index (χ2n) is 4.05. The Labute approximate surface area is 90.1 Å². The molecule has 3 nitrogen and oxygen atoms in total. The van der Waals surface area contributed by atoms with Gasteiger partial charge >= 0.3 is 0 Å². The quantitative estimate of drug-likeness (QED) is 0.822. The monoisotopic (exact) mass is 203 g/mol. The van der Waals surface area contributed by atoms with Crippen LogP contribution in [-0.4, -0.2) is 23.1 Å². The SMILES string of the molecule is CNCC(C)Cn1cnc2ccccc21. The molecule has 0 spiro atoms. The zero-order valence-corrected chi connectivity index (χ0v) is 9.27. The molecule has 1 atom stereocenters. The zero-order chi connectivity index (χ0) is 10.7. The van der Waals surface area contributed by atoms with Crippen molar-refractivity contribution in [1.82, 2.24) is 14.9 Å². The van der Waals surface area contributed by atoms with Crippen LogP contribution in [0.25, 0.3) is 11.0 Å². The van der Waals surface area contributed by atoms with Gasteiger partial charge in [-0.2, -0.15) is 0 Å². The molecule has 1 N–H and O–H groups in total. The lowest BCUT2D eigenvalue weighted by Crippen LogP contribution is -2.20. The molecule has 2 aromatic rings. The predicted molar refractivity (Wildman–Crippen MR) is 62.8 cm³/mol. The summed E-state index contributed by atoms with van der Waals surface area (Å²) in [4.78, 5) is 4.37. The first kappa shape index (κ1) is 10.2. The summed E-state index contributed by atoms with van der Waals surface area (Å²) in [5.74, 6) is 0.618. The Bertz CT molecular complexity index is 433. The topological polar surface area (TPSA) is 29.9 Å². The van der Waals surface area contributed by atoms with Crippen molar-refractivity contribution in [3.8, 4) is 0 Å². The van der Waals surface area contributed by atoms with E-state index >= 15 is 0 Å². The first-order chi connectivity index (χ1) is 7.31. The van der Waals surface area contributed by atoms with Crippen molar-refractivity contribution in [3.05, 3.63) is 30.6 Å². The minimum absolute atomic E-state index is 0.618. The third-order valence-electron chi connectivity index (χ3n) is 2.59. The lowest BCUT2D eigenvalue weighted by molar-refractivity contribution is 0.469. The summed E-state index contributed by atoms with van der Waals surface area (Å²) < 4.78 is 2.22. The number of fused-ring (bicyclic) bond motifs is 1. The molecule has 80 valence electrons. The Morgan fingerprint density at radius 2 is 2.20 bits per heavy atom. The highest BCUT2D eigenvalue weighted by molar-refractivity contribution is 5.74. The molecule has 0 saturated carbocycles. The van der Waals surface area contributed by atoms with Crippen LogP contribution in [0, 0.1) is 5.92 Å². The summed E-state index contributed by atoms with van der Waals surface area (Å²) in [6.07, 6.45) is 1.93. The van der Waals surface area contributed by atoms with E-state index in [1.54, 1.807) is 0 Å². The van der Waals surface area contributed by atoms with Crippen LogP contribution in [0.2, 0.25) is 0 Å². The van der Waals surface area contributed by atoms with Crippen LogP contribution in [-0.2, 0) is 6.54 Å². The van der Waals surface area contributed by atoms with Gasteiger partial charge in [0.1, 0.15) is 0 Å². The van der Waals surface area contributed by atoms with Gasteiger partial charge in [0.2, 0.25) is 0 Å². The van der Waals surface area contributed by atoms with Gasteiger partial charge in [0.05, 0.1) is 17.4 Å². The van der Waals surface area contributed by atoms with Gasteiger partial charge in [-0.1, -0.05) is 19.1 Å². The van der Waals surface area contributed by atoms with Crippen molar-refractivity contribution in [2.24, 2.45) is 5.92 Å². The van der Waals surface area contributed by atoms with E-state index in [0.29, 0.717) is 5.92 Å². The summed E-state index contributed by atoms with van der Waals surface area (Å²) in [6.45, 7) is 4.29. The van der Waals surface area contributed by atoms with Crippen molar-refractivity contribution in [2.45, 2.75) is 13.5 Å². The van der Waals surface area contributed by atoms with Gasteiger partial charge < -0.3 is 9.88 Å². The highest BCUT2D eigenvalue weighted by Crippen LogP contribution is 2.13. The van der Waals surface area contributed by atoms with Gasteiger partial charge in [-0.05, 0) is 31.6 Å². The molecule has 15 heavy (non-hydrogen) atoms. The number of hydrogen-bond acceptors (Lipinski definition) is 2. The van der Waals surface area contributed by atoms with E-state index in [0.717, 1.165) is 18.6 Å². The normalized spacial score (nSPS) is 13.2. The Morgan fingerprint density at radius 3 is 3.00 bits per heavy atom. The highest BCUT2D eigenvalue weighted by Gasteiger charge is 2.05. The first-order valence-corrected chi connectivity index (χ1v) is 5.35. The molecule has 1 heterocycles. The summed E-state index contributed by atoms with van der Waals surface area (Å²) in [5.41, 5.74) is 2.30. The van der Waals surface area contributed by atoms with Crippen LogP contribution in [0.15, 0.2) is 30.6 Å². The third kappa shape index (κ3) is 2.18. The number of para-hydroxylation sites is 2. The minimum Gasteiger partial charge on any atom is -0.330 e. The van der Waals surface area contributed by atoms with Crippen LogP contribution in [0.3, 0.4) is 0 Å². The fraction of sp³-hybridized carbons (Fsp3) is 0.417. The minimum atomic E-state index is 0.618. The van der Waals surface area contributed by atoms with Crippen molar-refractivity contribution in [3.63, 3.8) is 0 Å². The number of aromatic nitrogens is 2. The lowest BCUT2D eigenvalue weighted by atomic mass is 10.2. The fourth-order valence-corrected chi connectivity index (χ4v) is 1.90. The van der Waals surface area contributed by atoms with E-state index in [1.807, 2.05) is 19.4 Å². The maximum atomic E-state index is 4.37. The summed E-state index contributed by atoms with van der Waals surface area (Å²) in [5, 5.41) is 3.19. The second kappa shape index (κ2) is 4.45. The Kier molecular flexibility index (Phi) is 3.02. The smallest absolute Gasteiger partial charge is 0.0958 e. The van der Waals surface area contributed by atoms with Crippen molar-refractivity contribution in [2.75, 3.05) is 13.6 Å². The number of nitrogens with zero attached hydrogens (tertiary/aromatic N) is 2. The number of hydrogen-bond donors (Lipinski definition) is 1. The van der Waals surface area contributed by atoms with Gasteiger partial charge in [0.15, 0.2) is 0 Å². The third-order valence-corrected chi connectivity index (χ3v) is 2.59. The number of imidazole rings is 1. The first-order valence-electron chi connectivity index (χ1n) is 5.35. The molecule has 0 amide bonds. The lowest BCUT2D eigenvalue weighted by Gasteiger charge is -2.11. The molecule has 1 aromatic carbocycles. The molecule has 0 aliphatic rings. The van der Waals surface area contributed by atoms with Gasteiger partial charge in [-0.25, -0.2) is 4.98 Å². The van der Waals surface area contributed by atoms with E-state index in [1.165, 1.54) is 5.52 Å². The molecule has 0 fully saturated rings. The molecule has 1 unspecified atom stereocenters. The molecular weight excluding hydrogens is 186 g/mol. The Hall–Kier alpha value is -1.35. The standard InChI is InChI=1S/C12H17N3/c1-10(7-13-2)8-15-9-14-11-5-3-4-6-12(11)15/h3-6,9-10,13H,7-8H2,1-2H3. The molecule has 2 rings (SSSR count). The number of rotatable bonds is 4. The predicted octanol–water partition coefficient (Wildman–Crippen LogP) is 1.89. The molecule has 3 heteroatoms. The zero-order valence-electron chi connectivity index (χ0n) is 9.27. The fourth-order valence-electron chi connectivity index (χ4n) is 1.90. The van der Waals surface area contributed by atoms with Crippen molar-refractivity contribution >= 4 is 11.0 Å². The van der Waals surface area contributed by atoms with Crippen LogP contribution in [0.5, 0.6) is 0 Å². The van der Waals surface area contributed by atoms with E-state index < -0.39 is 0 Å². The van der Waals surface area contributed by atoms with Crippen molar-refractivity contribution < 1.29 is 0 Å². The summed E-state index contributed by atoms with van der Waals surface area (Å²) >= 11 is 0. The second-order valence-corrected chi connectivity index (χ2v) is 4.05. The largest absolute Gasteiger partial charge is 0.330 e. The summed E-state index contributed by atoms with van der Waals surface area (Å²) in [6, 6.07) is 8.25. The van der Waals surface area contributed by atoms with E-state index in [4.69, 9.17) is 0 Å². The average molecular weight is 203 g/mol. The van der Waals surface area contributed by atoms with Crippen LogP contribution in [0.4, 0.5) is 0 Å². The van der Waals surface area contributed by atoms with Crippen LogP contribution in [0.1, 0.15) is 6.92 Å². The average Bonchev–Trinajstić information content (AvgIpc) is 2.62. The maximum absolute atomic E-state index is 4.37. The molecule has 0 radical (unpaired) electrons. The molecule has 0 bridgehead atoms. The molecule has 1 aromatic heterocycles. The number of benzene rings is 1. The van der Waals surface area contributed by atoms with Gasteiger partial charge in [-0.15, -0.1) is 0 Å².